The van der Waals surface area contributed by atoms with E-state index in [1.54, 1.807) is 49.0 Å². The Balaban J connectivity index is 1.77. The molecule has 3 heterocycles. The number of nitrogens with one attached hydrogen (secondary N) is 2. The first kappa shape index (κ1) is 25.8. The lowest BCUT2D eigenvalue weighted by Crippen LogP contribution is -2.36. The second-order valence-corrected chi connectivity index (χ2v) is 10.6. The van der Waals surface area contributed by atoms with Crippen molar-refractivity contribution in [2.75, 3.05) is 38.7 Å². The van der Waals surface area contributed by atoms with E-state index in [1.807, 2.05) is 6.92 Å². The molecule has 1 aliphatic rings. The molecule has 0 radical (unpaired) electrons. The van der Waals surface area contributed by atoms with Crippen molar-refractivity contribution >= 4 is 16.0 Å². The number of benzene rings is 1. The van der Waals surface area contributed by atoms with Crippen molar-refractivity contribution in [2.45, 2.75) is 38.0 Å². The number of aromatic nitrogens is 5. The van der Waals surface area contributed by atoms with Crippen molar-refractivity contribution in [3.63, 3.8) is 0 Å². The normalized spacial score (nSPS) is 17.9. The average Bonchev–Trinajstić information content (AvgIpc) is 3.30. The lowest BCUT2D eigenvalue weighted by atomic mass is 10.1. The number of hydrogen-bond acceptors (Lipinski definition) is 10. The number of hydrogen-bond donors (Lipinski definition) is 2. The molecule has 4 rings (SSSR count). The van der Waals surface area contributed by atoms with E-state index in [4.69, 9.17) is 14.2 Å². The topological polar surface area (TPSA) is 142 Å². The van der Waals surface area contributed by atoms with Crippen LogP contribution in [0.15, 0.2) is 30.6 Å². The first-order valence-electron chi connectivity index (χ1n) is 11.5. The Morgan fingerprint density at radius 2 is 1.81 bits per heavy atom. The van der Waals surface area contributed by atoms with E-state index in [0.717, 1.165) is 5.56 Å². The molecule has 2 N–H and O–H groups in total. The molecule has 0 unspecified atom stereocenters. The number of nitrogens with zero attached hydrogens (tertiary/aromatic N) is 5. The van der Waals surface area contributed by atoms with Gasteiger partial charge in [0.05, 0.1) is 38.7 Å². The Hall–Kier alpha value is -3.29. The molecule has 3 aromatic rings. The zero-order valence-electron chi connectivity index (χ0n) is 20.9. The fourth-order valence-corrected chi connectivity index (χ4v) is 5.16. The summed E-state index contributed by atoms with van der Waals surface area (Å²) in [6, 6.07) is 4.97. The van der Waals surface area contributed by atoms with Crippen LogP contribution in [0.4, 0.5) is 5.95 Å². The highest BCUT2D eigenvalue weighted by atomic mass is 32.2. The van der Waals surface area contributed by atoms with E-state index in [1.165, 1.54) is 14.2 Å². The molecule has 194 valence electrons. The third kappa shape index (κ3) is 5.13. The highest BCUT2D eigenvalue weighted by molar-refractivity contribution is 7.93. The minimum absolute atomic E-state index is 0.00375. The standard InChI is InChI=1S/C23H31N7O5S/c1-14-11-25-21(26-12-14)15(2)16(3)36(31,32)29-23-28-27-22(17-13-35-10-9-24-17)30(23)20-18(33-4)7-6-8-19(20)34-5/h6-8,11-12,15-17,24H,9-10,13H2,1-5H3,(H,28,29)/t15-,16-,17-/m0/s1. The van der Waals surface area contributed by atoms with Gasteiger partial charge in [0.15, 0.2) is 5.82 Å². The molecule has 3 atom stereocenters. The molecule has 1 aliphatic heterocycles. The highest BCUT2D eigenvalue weighted by Crippen LogP contribution is 2.37. The van der Waals surface area contributed by atoms with Crippen LogP contribution in [0.5, 0.6) is 11.5 Å². The number of aryl methyl sites for hydroxylation is 1. The van der Waals surface area contributed by atoms with Gasteiger partial charge < -0.3 is 19.5 Å². The number of anilines is 1. The summed E-state index contributed by atoms with van der Waals surface area (Å²) >= 11 is 0. The van der Waals surface area contributed by atoms with Gasteiger partial charge in [0, 0.05) is 24.9 Å². The maximum absolute atomic E-state index is 13.5. The number of methoxy groups -OCH3 is 2. The molecular weight excluding hydrogens is 486 g/mol. The fourth-order valence-electron chi connectivity index (χ4n) is 3.93. The summed E-state index contributed by atoms with van der Waals surface area (Å²) in [7, 11) is -0.890. The second kappa shape index (κ2) is 10.8. The third-order valence-corrected chi connectivity index (χ3v) is 8.04. The lowest BCUT2D eigenvalue weighted by Gasteiger charge is -2.25. The third-order valence-electron chi connectivity index (χ3n) is 6.18. The number of sulfonamides is 1. The number of morpholine rings is 1. The van der Waals surface area contributed by atoms with Crippen LogP contribution >= 0.6 is 0 Å². The van der Waals surface area contributed by atoms with E-state index in [0.29, 0.717) is 48.6 Å². The summed E-state index contributed by atoms with van der Waals surface area (Å²) in [5.41, 5.74) is 1.36. The molecular formula is C23H31N7O5S. The van der Waals surface area contributed by atoms with Crippen LogP contribution in [0.25, 0.3) is 5.69 Å². The quantitative estimate of drug-likeness (QED) is 0.432. The van der Waals surface area contributed by atoms with E-state index in [-0.39, 0.29) is 12.0 Å². The van der Waals surface area contributed by atoms with Gasteiger partial charge in [0.2, 0.25) is 16.0 Å². The number of para-hydroxylation sites is 1. The van der Waals surface area contributed by atoms with Gasteiger partial charge in [-0.2, -0.15) is 0 Å². The maximum atomic E-state index is 13.5. The summed E-state index contributed by atoms with van der Waals surface area (Å²) in [5, 5.41) is 11.0. The second-order valence-electron chi connectivity index (χ2n) is 8.57. The van der Waals surface area contributed by atoms with Crippen LogP contribution in [-0.2, 0) is 14.8 Å². The summed E-state index contributed by atoms with van der Waals surface area (Å²) < 4.78 is 48.1. The Morgan fingerprint density at radius 3 is 2.39 bits per heavy atom. The van der Waals surface area contributed by atoms with E-state index < -0.39 is 21.2 Å². The summed E-state index contributed by atoms with van der Waals surface area (Å²) in [6.45, 7) is 6.79. The van der Waals surface area contributed by atoms with E-state index >= 15 is 0 Å². The molecule has 1 fully saturated rings. The van der Waals surface area contributed by atoms with Crippen molar-refractivity contribution in [1.29, 1.82) is 0 Å². The van der Waals surface area contributed by atoms with Crippen LogP contribution in [0.2, 0.25) is 0 Å². The van der Waals surface area contributed by atoms with Gasteiger partial charge in [0.25, 0.3) is 0 Å². The van der Waals surface area contributed by atoms with Gasteiger partial charge in [-0.1, -0.05) is 13.0 Å². The molecule has 2 aromatic heterocycles. The molecule has 0 amide bonds. The Bertz CT molecular complexity index is 1270. The van der Waals surface area contributed by atoms with Crippen LogP contribution in [0, 0.1) is 6.92 Å². The number of rotatable bonds is 9. The smallest absolute Gasteiger partial charge is 0.243 e. The highest BCUT2D eigenvalue weighted by Gasteiger charge is 2.33. The molecule has 36 heavy (non-hydrogen) atoms. The minimum Gasteiger partial charge on any atom is -0.494 e. The van der Waals surface area contributed by atoms with Crippen molar-refractivity contribution in [3.05, 3.63) is 47.8 Å². The molecule has 13 heteroatoms. The monoisotopic (exact) mass is 517 g/mol. The molecule has 0 spiro atoms. The number of ether oxygens (including phenoxy) is 3. The fraction of sp³-hybridized carbons (Fsp3) is 0.478. The maximum Gasteiger partial charge on any atom is 0.243 e. The van der Waals surface area contributed by atoms with Crippen molar-refractivity contribution < 1.29 is 22.6 Å². The van der Waals surface area contributed by atoms with Gasteiger partial charge in [-0.3, -0.25) is 9.29 Å². The average molecular weight is 518 g/mol. The molecule has 12 nitrogen and oxygen atoms in total. The summed E-state index contributed by atoms with van der Waals surface area (Å²) in [6.07, 6.45) is 3.34. The Morgan fingerprint density at radius 1 is 1.14 bits per heavy atom. The van der Waals surface area contributed by atoms with Gasteiger partial charge >= 0.3 is 0 Å². The van der Waals surface area contributed by atoms with Crippen molar-refractivity contribution in [2.24, 2.45) is 0 Å². The minimum atomic E-state index is -3.94. The van der Waals surface area contributed by atoms with Crippen molar-refractivity contribution in [1.82, 2.24) is 30.0 Å². The Kier molecular flexibility index (Phi) is 7.71. The molecule has 0 aliphatic carbocycles. The van der Waals surface area contributed by atoms with Crippen molar-refractivity contribution in [3.8, 4) is 17.2 Å². The SMILES string of the molecule is COc1cccc(OC)c1-n1c(NS(=O)(=O)[C@@H](C)[C@H](C)c2ncc(C)cn2)nnc1[C@@H]1COCCN1. The van der Waals surface area contributed by atoms with Gasteiger partial charge in [-0.05, 0) is 31.5 Å². The van der Waals surface area contributed by atoms with Crippen LogP contribution in [0.3, 0.4) is 0 Å². The van der Waals surface area contributed by atoms with Gasteiger partial charge in [-0.15, -0.1) is 10.2 Å². The zero-order chi connectivity index (χ0) is 25.9. The predicted octanol–water partition coefficient (Wildman–Crippen LogP) is 1.98. The van der Waals surface area contributed by atoms with Crippen LogP contribution in [0.1, 0.15) is 43.0 Å². The largest absolute Gasteiger partial charge is 0.494 e. The lowest BCUT2D eigenvalue weighted by molar-refractivity contribution is 0.0736. The summed E-state index contributed by atoms with van der Waals surface area (Å²) in [4.78, 5) is 8.61. The molecule has 1 saturated heterocycles. The van der Waals surface area contributed by atoms with E-state index in [9.17, 15) is 8.42 Å². The summed E-state index contributed by atoms with van der Waals surface area (Å²) in [5.74, 6) is 1.34. The van der Waals surface area contributed by atoms with Crippen LogP contribution in [-0.4, -0.2) is 72.4 Å². The first-order valence-corrected chi connectivity index (χ1v) is 13.1. The van der Waals surface area contributed by atoms with Crippen LogP contribution < -0.4 is 19.5 Å². The molecule has 0 bridgehead atoms. The molecule has 1 aromatic carbocycles. The Labute approximate surface area is 210 Å². The van der Waals surface area contributed by atoms with Gasteiger partial charge in [0.1, 0.15) is 23.0 Å². The first-order chi connectivity index (χ1) is 17.3. The van der Waals surface area contributed by atoms with Gasteiger partial charge in [-0.25, -0.2) is 18.4 Å². The zero-order valence-corrected chi connectivity index (χ0v) is 21.7. The molecule has 0 saturated carbocycles. The van der Waals surface area contributed by atoms with E-state index in [2.05, 4.69) is 30.2 Å². The predicted molar refractivity (Wildman–Crippen MR) is 133 cm³/mol.